The van der Waals surface area contributed by atoms with Crippen LogP contribution in [-0.2, 0) is 0 Å². The zero-order valence-corrected chi connectivity index (χ0v) is 10.9. The molecular formula is C13H10BrN3O. The highest BCUT2D eigenvalue weighted by Gasteiger charge is 2.09. The Morgan fingerprint density at radius 3 is 2.61 bits per heavy atom. The number of halogens is 1. The fraction of sp³-hybridized carbons (Fsp3) is 0. The molecule has 0 unspecified atom stereocenters. The minimum atomic E-state index is 0.252. The Morgan fingerprint density at radius 1 is 1.17 bits per heavy atom. The highest BCUT2D eigenvalue weighted by Crippen LogP contribution is 2.33. The summed E-state index contributed by atoms with van der Waals surface area (Å²) < 4.78 is 0.939. The fourth-order valence-electron chi connectivity index (χ4n) is 1.92. The SMILES string of the molecule is Nc1n[nH]c2cc(-c3ccc(O)cc3)c(Br)cc12. The number of aromatic amines is 1. The number of rotatable bonds is 1. The Hall–Kier alpha value is -2.01. The molecule has 1 aromatic heterocycles. The van der Waals surface area contributed by atoms with E-state index >= 15 is 0 Å². The Bertz CT molecular complexity index is 719. The average Bonchev–Trinajstić information content (AvgIpc) is 2.71. The first-order valence-corrected chi connectivity index (χ1v) is 6.17. The van der Waals surface area contributed by atoms with Crippen LogP contribution in [0.4, 0.5) is 5.82 Å². The Kier molecular flexibility index (Phi) is 2.48. The zero-order valence-electron chi connectivity index (χ0n) is 9.31. The summed E-state index contributed by atoms with van der Waals surface area (Å²) in [6, 6.07) is 11.0. The standard InChI is InChI=1S/C13H10BrN3O/c14-11-5-10-12(16-17-13(10)15)6-9(11)7-1-3-8(18)4-2-7/h1-6,18H,(H3,15,16,17). The molecular weight excluding hydrogens is 294 g/mol. The van der Waals surface area contributed by atoms with Crippen molar-refractivity contribution in [3.05, 3.63) is 40.9 Å². The van der Waals surface area contributed by atoms with Gasteiger partial charge in [0.15, 0.2) is 5.82 Å². The molecule has 4 N–H and O–H groups in total. The fourth-order valence-corrected chi connectivity index (χ4v) is 2.49. The largest absolute Gasteiger partial charge is 0.508 e. The van der Waals surface area contributed by atoms with Gasteiger partial charge in [-0.25, -0.2) is 0 Å². The zero-order chi connectivity index (χ0) is 12.7. The molecule has 0 fully saturated rings. The number of aromatic nitrogens is 2. The van der Waals surface area contributed by atoms with Gasteiger partial charge in [0.25, 0.3) is 0 Å². The van der Waals surface area contributed by atoms with E-state index in [9.17, 15) is 5.11 Å². The summed E-state index contributed by atoms with van der Waals surface area (Å²) in [5.74, 6) is 0.740. The minimum Gasteiger partial charge on any atom is -0.508 e. The number of aromatic hydroxyl groups is 1. The van der Waals surface area contributed by atoms with E-state index in [2.05, 4.69) is 26.1 Å². The van der Waals surface area contributed by atoms with E-state index in [1.165, 1.54) is 0 Å². The molecule has 3 aromatic rings. The van der Waals surface area contributed by atoms with Crippen LogP contribution in [0.2, 0.25) is 0 Å². The van der Waals surface area contributed by atoms with Crippen molar-refractivity contribution in [1.82, 2.24) is 10.2 Å². The number of hydrogen-bond donors (Lipinski definition) is 3. The number of nitrogen functional groups attached to an aromatic ring is 1. The quantitative estimate of drug-likeness (QED) is 0.646. The van der Waals surface area contributed by atoms with Crippen molar-refractivity contribution >= 4 is 32.7 Å². The third kappa shape index (κ3) is 1.73. The van der Waals surface area contributed by atoms with Crippen LogP contribution in [-0.4, -0.2) is 15.3 Å². The normalized spacial score (nSPS) is 10.9. The molecule has 0 amide bonds. The smallest absolute Gasteiger partial charge is 0.153 e. The lowest BCUT2D eigenvalue weighted by molar-refractivity contribution is 0.475. The van der Waals surface area contributed by atoms with E-state index in [0.717, 1.165) is 26.5 Å². The first-order valence-electron chi connectivity index (χ1n) is 5.37. The van der Waals surface area contributed by atoms with E-state index < -0.39 is 0 Å². The number of nitrogens with two attached hydrogens (primary N) is 1. The van der Waals surface area contributed by atoms with Gasteiger partial charge < -0.3 is 10.8 Å². The maximum absolute atomic E-state index is 9.30. The molecule has 5 heteroatoms. The Morgan fingerprint density at radius 2 is 1.89 bits per heavy atom. The van der Waals surface area contributed by atoms with Gasteiger partial charge in [0, 0.05) is 9.86 Å². The number of benzene rings is 2. The highest BCUT2D eigenvalue weighted by molar-refractivity contribution is 9.10. The maximum atomic E-state index is 9.30. The third-order valence-corrected chi connectivity index (χ3v) is 3.51. The maximum Gasteiger partial charge on any atom is 0.153 e. The van der Waals surface area contributed by atoms with Gasteiger partial charge in [-0.15, -0.1) is 0 Å². The number of H-pyrrole nitrogens is 1. The Balaban J connectivity index is 2.22. The van der Waals surface area contributed by atoms with Crippen LogP contribution in [0.3, 0.4) is 0 Å². The molecule has 0 saturated carbocycles. The number of anilines is 1. The molecule has 0 aliphatic carbocycles. The summed E-state index contributed by atoms with van der Waals surface area (Å²) >= 11 is 3.53. The van der Waals surface area contributed by atoms with Gasteiger partial charge in [0.1, 0.15) is 5.75 Å². The lowest BCUT2D eigenvalue weighted by Gasteiger charge is -2.05. The monoisotopic (exact) mass is 303 g/mol. The van der Waals surface area contributed by atoms with Gasteiger partial charge in [-0.2, -0.15) is 5.10 Å². The number of nitrogens with one attached hydrogen (secondary N) is 1. The number of fused-ring (bicyclic) bond motifs is 1. The minimum absolute atomic E-state index is 0.252. The molecule has 0 radical (unpaired) electrons. The van der Waals surface area contributed by atoms with Crippen LogP contribution in [0.5, 0.6) is 5.75 Å². The summed E-state index contributed by atoms with van der Waals surface area (Å²) in [6.07, 6.45) is 0. The van der Waals surface area contributed by atoms with E-state index in [0.29, 0.717) is 5.82 Å². The van der Waals surface area contributed by atoms with Gasteiger partial charge >= 0.3 is 0 Å². The first kappa shape index (κ1) is 11.1. The van der Waals surface area contributed by atoms with E-state index in [1.54, 1.807) is 12.1 Å². The lowest BCUT2D eigenvalue weighted by atomic mass is 10.0. The molecule has 0 spiro atoms. The summed E-state index contributed by atoms with van der Waals surface area (Å²) in [7, 11) is 0. The molecule has 0 saturated heterocycles. The van der Waals surface area contributed by atoms with E-state index in [4.69, 9.17) is 5.73 Å². The molecule has 0 aliphatic heterocycles. The van der Waals surface area contributed by atoms with Crippen LogP contribution < -0.4 is 5.73 Å². The van der Waals surface area contributed by atoms with Crippen molar-refractivity contribution in [3.63, 3.8) is 0 Å². The van der Waals surface area contributed by atoms with Crippen LogP contribution in [0.1, 0.15) is 0 Å². The van der Waals surface area contributed by atoms with Crippen LogP contribution >= 0.6 is 15.9 Å². The Labute approximate surface area is 112 Å². The molecule has 4 nitrogen and oxygen atoms in total. The van der Waals surface area contributed by atoms with Gasteiger partial charge in [0.2, 0.25) is 0 Å². The van der Waals surface area contributed by atoms with Crippen LogP contribution in [0, 0.1) is 0 Å². The molecule has 2 aromatic carbocycles. The number of phenols is 1. The predicted octanol–water partition coefficient (Wildman–Crippen LogP) is 3.28. The van der Waals surface area contributed by atoms with Crippen molar-refractivity contribution in [2.75, 3.05) is 5.73 Å². The molecule has 90 valence electrons. The summed E-state index contributed by atoms with van der Waals surface area (Å²) in [6.45, 7) is 0. The number of phenolic OH excluding ortho intramolecular Hbond substituents is 1. The van der Waals surface area contributed by atoms with Crippen molar-refractivity contribution in [2.45, 2.75) is 0 Å². The van der Waals surface area contributed by atoms with Crippen molar-refractivity contribution < 1.29 is 5.11 Å². The molecule has 0 bridgehead atoms. The average molecular weight is 304 g/mol. The van der Waals surface area contributed by atoms with Crippen LogP contribution in [0.15, 0.2) is 40.9 Å². The van der Waals surface area contributed by atoms with Gasteiger partial charge in [0.05, 0.1) is 5.52 Å². The van der Waals surface area contributed by atoms with E-state index in [-0.39, 0.29) is 5.75 Å². The predicted molar refractivity (Wildman–Crippen MR) is 75.3 cm³/mol. The number of nitrogens with zero attached hydrogens (tertiary/aromatic N) is 1. The van der Waals surface area contributed by atoms with Crippen molar-refractivity contribution in [2.24, 2.45) is 0 Å². The summed E-state index contributed by atoms with van der Waals surface area (Å²) in [5.41, 5.74) is 8.67. The summed E-state index contributed by atoms with van der Waals surface area (Å²) in [4.78, 5) is 0. The van der Waals surface area contributed by atoms with Gasteiger partial charge in [-0.1, -0.05) is 28.1 Å². The van der Waals surface area contributed by atoms with Crippen molar-refractivity contribution in [1.29, 1.82) is 0 Å². The first-order chi connectivity index (χ1) is 8.65. The van der Waals surface area contributed by atoms with Gasteiger partial charge in [-0.05, 0) is 35.4 Å². The second-order valence-corrected chi connectivity index (χ2v) is 4.89. The second-order valence-electron chi connectivity index (χ2n) is 4.03. The number of hydrogen-bond acceptors (Lipinski definition) is 3. The topological polar surface area (TPSA) is 74.9 Å². The third-order valence-electron chi connectivity index (χ3n) is 2.86. The van der Waals surface area contributed by atoms with Gasteiger partial charge in [-0.3, -0.25) is 5.10 Å². The molecule has 3 rings (SSSR count). The highest BCUT2D eigenvalue weighted by atomic mass is 79.9. The van der Waals surface area contributed by atoms with Crippen molar-refractivity contribution in [3.8, 4) is 16.9 Å². The second kappa shape index (κ2) is 4.03. The molecule has 0 aliphatic rings. The molecule has 0 atom stereocenters. The van der Waals surface area contributed by atoms with E-state index in [1.807, 2.05) is 24.3 Å². The lowest BCUT2D eigenvalue weighted by Crippen LogP contribution is -1.84. The van der Waals surface area contributed by atoms with Crippen LogP contribution in [0.25, 0.3) is 22.0 Å². The molecule has 1 heterocycles. The molecule has 18 heavy (non-hydrogen) atoms. The summed E-state index contributed by atoms with van der Waals surface area (Å²) in [5, 5.41) is 17.1.